The van der Waals surface area contributed by atoms with Crippen molar-refractivity contribution in [3.05, 3.63) is 34.4 Å². The second-order valence-corrected chi connectivity index (χ2v) is 6.29. The number of hydrogen-bond donors (Lipinski definition) is 2. The van der Waals surface area contributed by atoms with Crippen molar-refractivity contribution in [2.24, 2.45) is 0 Å². The maximum atomic E-state index is 12.2. The molecule has 1 amide bonds. The van der Waals surface area contributed by atoms with Gasteiger partial charge >= 0.3 is 0 Å². The van der Waals surface area contributed by atoms with Crippen LogP contribution < -0.4 is 10.6 Å². The van der Waals surface area contributed by atoms with E-state index in [1.54, 1.807) is 4.68 Å². The second-order valence-electron chi connectivity index (χ2n) is 6.29. The van der Waals surface area contributed by atoms with Crippen LogP contribution >= 0.6 is 12.4 Å². The molecule has 7 nitrogen and oxygen atoms in total. The molecule has 2 rings (SSSR count). The minimum absolute atomic E-state index is 0. The van der Waals surface area contributed by atoms with Gasteiger partial charge in [0.25, 0.3) is 5.95 Å². The van der Waals surface area contributed by atoms with Gasteiger partial charge in [0.1, 0.15) is 0 Å². The predicted octanol–water partition coefficient (Wildman–Crippen LogP) is 1.98. The topological polar surface area (TPSA) is 84.7 Å². The van der Waals surface area contributed by atoms with Gasteiger partial charge in [0.05, 0.1) is 12.1 Å². The van der Waals surface area contributed by atoms with E-state index in [0.29, 0.717) is 18.9 Å². The summed E-state index contributed by atoms with van der Waals surface area (Å²) in [7, 11) is 0. The lowest BCUT2D eigenvalue weighted by molar-refractivity contribution is -0.120. The first-order valence-corrected chi connectivity index (χ1v) is 8.77. The fraction of sp³-hybridized carbons (Fsp3) is 0.556. The summed E-state index contributed by atoms with van der Waals surface area (Å²) in [4.78, 5) is 21.1. The predicted molar refractivity (Wildman–Crippen MR) is 105 cm³/mol. The smallest absolute Gasteiger partial charge is 0.251 e. The maximum Gasteiger partial charge on any atom is 0.251 e. The van der Waals surface area contributed by atoms with Gasteiger partial charge in [-0.1, -0.05) is 6.92 Å². The Morgan fingerprint density at radius 2 is 1.73 bits per heavy atom. The molecule has 2 aromatic heterocycles. The maximum absolute atomic E-state index is 12.2. The van der Waals surface area contributed by atoms with Crippen molar-refractivity contribution in [2.45, 2.75) is 47.5 Å². The van der Waals surface area contributed by atoms with E-state index < -0.39 is 0 Å². The van der Waals surface area contributed by atoms with E-state index in [0.717, 1.165) is 47.8 Å². The Labute approximate surface area is 161 Å². The molecule has 8 heteroatoms. The van der Waals surface area contributed by atoms with E-state index in [1.807, 2.05) is 33.8 Å². The van der Waals surface area contributed by atoms with Crippen molar-refractivity contribution >= 4 is 18.3 Å². The number of hydrogen-bond acceptors (Lipinski definition) is 5. The van der Waals surface area contributed by atoms with Crippen LogP contribution in [0.3, 0.4) is 0 Å². The first-order valence-electron chi connectivity index (χ1n) is 8.77. The Kier molecular flexibility index (Phi) is 8.68. The Balaban J connectivity index is 0.00000338. The molecule has 2 aromatic rings. The van der Waals surface area contributed by atoms with Gasteiger partial charge in [0.15, 0.2) is 0 Å². The van der Waals surface area contributed by atoms with Gasteiger partial charge < -0.3 is 10.6 Å². The van der Waals surface area contributed by atoms with E-state index in [4.69, 9.17) is 0 Å². The van der Waals surface area contributed by atoms with E-state index in [1.165, 1.54) is 0 Å². The molecule has 0 aliphatic carbocycles. The third-order valence-electron chi connectivity index (χ3n) is 3.99. The zero-order valence-electron chi connectivity index (χ0n) is 16.2. The second kappa shape index (κ2) is 10.2. The van der Waals surface area contributed by atoms with E-state index in [-0.39, 0.29) is 18.3 Å². The van der Waals surface area contributed by atoms with Crippen LogP contribution in [0.25, 0.3) is 5.95 Å². The van der Waals surface area contributed by atoms with Crippen LogP contribution in [-0.4, -0.2) is 45.3 Å². The van der Waals surface area contributed by atoms with Crippen molar-refractivity contribution in [2.75, 3.05) is 19.6 Å². The zero-order chi connectivity index (χ0) is 18.4. The highest BCUT2D eigenvalue weighted by Gasteiger charge is 2.17. The first kappa shape index (κ1) is 22.1. The lowest BCUT2D eigenvalue weighted by atomic mass is 10.1. The van der Waals surface area contributed by atoms with Gasteiger partial charge in [-0.15, -0.1) is 12.4 Å². The summed E-state index contributed by atoms with van der Waals surface area (Å²) in [6.07, 6.45) is 1.41. The molecule has 26 heavy (non-hydrogen) atoms. The minimum atomic E-state index is 0. The molecule has 0 bridgehead atoms. The highest BCUT2D eigenvalue weighted by molar-refractivity contribution is 5.85. The molecular weight excluding hydrogens is 352 g/mol. The van der Waals surface area contributed by atoms with Gasteiger partial charge in [-0.25, -0.2) is 14.6 Å². The minimum Gasteiger partial charge on any atom is -0.355 e. The molecule has 0 aliphatic heterocycles. The zero-order valence-corrected chi connectivity index (χ0v) is 17.0. The molecular formula is C18H29ClN6O. The fourth-order valence-electron chi connectivity index (χ4n) is 2.74. The Morgan fingerprint density at radius 3 is 2.35 bits per heavy atom. The molecule has 2 N–H and O–H groups in total. The highest BCUT2D eigenvalue weighted by atomic mass is 35.5. The molecule has 0 fully saturated rings. The third-order valence-corrected chi connectivity index (χ3v) is 3.99. The standard InChI is InChI=1S/C18H28N6O.ClH/c1-6-7-19-8-9-20-17(25)11-16-14(4)23-24(15(16)5)18-21-12(2)10-13(3)22-18;/h10,19H,6-9,11H2,1-5H3,(H,20,25);1H. The third kappa shape index (κ3) is 5.78. The van der Waals surface area contributed by atoms with Crippen LogP contribution in [-0.2, 0) is 11.2 Å². The molecule has 0 unspecified atom stereocenters. The Bertz CT molecular complexity index is 723. The summed E-state index contributed by atoms with van der Waals surface area (Å²) >= 11 is 0. The number of carbonyl (C=O) groups is 1. The Morgan fingerprint density at radius 1 is 1.08 bits per heavy atom. The van der Waals surface area contributed by atoms with Crippen molar-refractivity contribution in [3.63, 3.8) is 0 Å². The quantitative estimate of drug-likeness (QED) is 0.684. The van der Waals surface area contributed by atoms with Gasteiger partial charge in [-0.3, -0.25) is 4.79 Å². The van der Waals surface area contributed by atoms with Crippen LogP contribution in [0.15, 0.2) is 6.07 Å². The van der Waals surface area contributed by atoms with Gasteiger partial charge in [-0.2, -0.15) is 5.10 Å². The van der Waals surface area contributed by atoms with Crippen LogP contribution in [0.5, 0.6) is 0 Å². The number of carbonyl (C=O) groups excluding carboxylic acids is 1. The molecule has 0 saturated heterocycles. The summed E-state index contributed by atoms with van der Waals surface area (Å²) < 4.78 is 1.72. The SMILES string of the molecule is CCCNCCNC(=O)Cc1c(C)nn(-c2nc(C)cc(C)n2)c1C.Cl. The lowest BCUT2D eigenvalue weighted by Gasteiger charge is -2.07. The van der Waals surface area contributed by atoms with Gasteiger partial charge in [0.2, 0.25) is 5.91 Å². The van der Waals surface area contributed by atoms with Crippen LogP contribution in [0.4, 0.5) is 0 Å². The molecule has 0 saturated carbocycles. The normalized spacial score (nSPS) is 10.5. The number of halogens is 1. The molecule has 0 spiro atoms. The Hall–Kier alpha value is -1.99. The average molecular weight is 381 g/mol. The summed E-state index contributed by atoms with van der Waals surface area (Å²) in [5.74, 6) is 0.555. The number of aromatic nitrogens is 4. The molecule has 2 heterocycles. The van der Waals surface area contributed by atoms with Crippen molar-refractivity contribution in [3.8, 4) is 5.95 Å². The van der Waals surface area contributed by atoms with Crippen LogP contribution in [0.2, 0.25) is 0 Å². The molecule has 0 aromatic carbocycles. The summed E-state index contributed by atoms with van der Waals surface area (Å²) in [6, 6.07) is 1.93. The van der Waals surface area contributed by atoms with Gasteiger partial charge in [-0.05, 0) is 46.7 Å². The van der Waals surface area contributed by atoms with Crippen molar-refractivity contribution in [1.29, 1.82) is 0 Å². The van der Waals surface area contributed by atoms with E-state index in [9.17, 15) is 4.79 Å². The lowest BCUT2D eigenvalue weighted by Crippen LogP contribution is -2.33. The average Bonchev–Trinajstić information content (AvgIpc) is 2.82. The highest BCUT2D eigenvalue weighted by Crippen LogP contribution is 2.17. The van der Waals surface area contributed by atoms with Crippen LogP contribution in [0, 0.1) is 27.7 Å². The van der Waals surface area contributed by atoms with Crippen LogP contribution in [0.1, 0.15) is 41.7 Å². The van der Waals surface area contributed by atoms with Gasteiger partial charge in [0, 0.05) is 35.7 Å². The molecule has 0 atom stereocenters. The van der Waals surface area contributed by atoms with E-state index >= 15 is 0 Å². The number of aryl methyl sites for hydroxylation is 3. The number of nitrogens with zero attached hydrogens (tertiary/aromatic N) is 4. The first-order chi connectivity index (χ1) is 11.9. The number of nitrogens with one attached hydrogen (secondary N) is 2. The summed E-state index contributed by atoms with van der Waals surface area (Å²) in [6.45, 7) is 12.2. The molecule has 0 aliphatic rings. The molecule has 0 radical (unpaired) electrons. The molecule has 144 valence electrons. The fourth-order valence-corrected chi connectivity index (χ4v) is 2.74. The number of amides is 1. The largest absolute Gasteiger partial charge is 0.355 e. The number of rotatable bonds is 8. The van der Waals surface area contributed by atoms with E-state index in [2.05, 4.69) is 32.6 Å². The monoisotopic (exact) mass is 380 g/mol. The van der Waals surface area contributed by atoms with Crippen molar-refractivity contribution in [1.82, 2.24) is 30.4 Å². The summed E-state index contributed by atoms with van der Waals surface area (Å²) in [5, 5.41) is 10.7. The van der Waals surface area contributed by atoms with Crippen molar-refractivity contribution < 1.29 is 4.79 Å². The summed E-state index contributed by atoms with van der Waals surface area (Å²) in [5.41, 5.74) is 4.46.